The van der Waals surface area contributed by atoms with E-state index < -0.39 is 12.0 Å². The molecule has 1 amide bonds. The Kier molecular flexibility index (Phi) is 3.74. The van der Waals surface area contributed by atoms with E-state index in [1.54, 1.807) is 17.4 Å². The number of aliphatic hydroxyl groups is 1. The zero-order valence-electron chi connectivity index (χ0n) is 10.2. The van der Waals surface area contributed by atoms with Gasteiger partial charge in [0.2, 0.25) is 0 Å². The Bertz CT molecular complexity index is 564. The standard InChI is InChI=1S/C13H14N2O2S/c1-8-7-18-13(14-8)10-4-3-5-11(6-10)15-12(17)9(2)16/h3-7,9,16H,1-2H3,(H,15,17). The van der Waals surface area contributed by atoms with Crippen LogP contribution in [0.15, 0.2) is 29.6 Å². The molecular formula is C13H14N2O2S. The van der Waals surface area contributed by atoms with Crippen molar-refractivity contribution in [2.75, 3.05) is 5.32 Å². The monoisotopic (exact) mass is 262 g/mol. The van der Waals surface area contributed by atoms with Gasteiger partial charge in [-0.3, -0.25) is 4.79 Å². The summed E-state index contributed by atoms with van der Waals surface area (Å²) in [7, 11) is 0. The number of nitrogens with zero attached hydrogens (tertiary/aromatic N) is 1. The van der Waals surface area contributed by atoms with E-state index in [4.69, 9.17) is 5.11 Å². The lowest BCUT2D eigenvalue weighted by Gasteiger charge is -2.07. The number of carbonyl (C=O) groups is 1. The second-order valence-electron chi connectivity index (χ2n) is 4.04. The Hall–Kier alpha value is -1.72. The highest BCUT2D eigenvalue weighted by atomic mass is 32.1. The Balaban J connectivity index is 2.23. The molecule has 0 saturated heterocycles. The minimum absolute atomic E-state index is 0.414. The van der Waals surface area contributed by atoms with Crippen LogP contribution in [0.3, 0.4) is 0 Å². The Morgan fingerprint density at radius 3 is 2.89 bits per heavy atom. The number of aryl methyl sites for hydroxylation is 1. The van der Waals surface area contributed by atoms with Crippen molar-refractivity contribution in [3.8, 4) is 10.6 Å². The van der Waals surface area contributed by atoms with Crippen LogP contribution in [0, 0.1) is 6.92 Å². The lowest BCUT2D eigenvalue weighted by molar-refractivity contribution is -0.123. The summed E-state index contributed by atoms with van der Waals surface area (Å²) in [6.45, 7) is 3.38. The topological polar surface area (TPSA) is 62.2 Å². The molecule has 94 valence electrons. The van der Waals surface area contributed by atoms with E-state index in [1.165, 1.54) is 6.92 Å². The number of amides is 1. The van der Waals surface area contributed by atoms with Gasteiger partial charge >= 0.3 is 0 Å². The Morgan fingerprint density at radius 2 is 2.28 bits per heavy atom. The van der Waals surface area contributed by atoms with Gasteiger partial charge in [-0.1, -0.05) is 12.1 Å². The first kappa shape index (κ1) is 12.7. The molecule has 4 nitrogen and oxygen atoms in total. The summed E-state index contributed by atoms with van der Waals surface area (Å²) < 4.78 is 0. The summed E-state index contributed by atoms with van der Waals surface area (Å²) >= 11 is 1.56. The smallest absolute Gasteiger partial charge is 0.252 e. The second-order valence-corrected chi connectivity index (χ2v) is 4.90. The van der Waals surface area contributed by atoms with Crippen molar-refractivity contribution in [2.45, 2.75) is 20.0 Å². The largest absolute Gasteiger partial charge is 0.384 e. The van der Waals surface area contributed by atoms with Crippen LogP contribution in [0.2, 0.25) is 0 Å². The van der Waals surface area contributed by atoms with Crippen molar-refractivity contribution < 1.29 is 9.90 Å². The number of hydrogen-bond donors (Lipinski definition) is 2. The number of carbonyl (C=O) groups excluding carboxylic acids is 1. The predicted octanol–water partition coefficient (Wildman–Crippen LogP) is 2.44. The maximum absolute atomic E-state index is 11.4. The summed E-state index contributed by atoms with van der Waals surface area (Å²) in [5.74, 6) is -0.414. The highest BCUT2D eigenvalue weighted by Crippen LogP contribution is 2.25. The minimum atomic E-state index is -1.02. The highest BCUT2D eigenvalue weighted by Gasteiger charge is 2.09. The van der Waals surface area contributed by atoms with E-state index in [9.17, 15) is 4.79 Å². The van der Waals surface area contributed by atoms with Crippen molar-refractivity contribution in [2.24, 2.45) is 0 Å². The van der Waals surface area contributed by atoms with Gasteiger partial charge in [-0.15, -0.1) is 11.3 Å². The molecule has 5 heteroatoms. The molecule has 0 bridgehead atoms. The first-order valence-electron chi connectivity index (χ1n) is 5.58. The second kappa shape index (κ2) is 5.29. The number of nitrogens with one attached hydrogen (secondary N) is 1. The van der Waals surface area contributed by atoms with Gasteiger partial charge in [0, 0.05) is 22.3 Å². The van der Waals surface area contributed by atoms with E-state index in [-0.39, 0.29) is 0 Å². The van der Waals surface area contributed by atoms with E-state index in [1.807, 2.05) is 30.5 Å². The maximum Gasteiger partial charge on any atom is 0.252 e. The predicted molar refractivity (Wildman–Crippen MR) is 72.6 cm³/mol. The molecule has 0 fully saturated rings. The average molecular weight is 262 g/mol. The van der Waals surface area contributed by atoms with Gasteiger partial charge < -0.3 is 10.4 Å². The lowest BCUT2D eigenvalue weighted by Crippen LogP contribution is -2.24. The van der Waals surface area contributed by atoms with Crippen molar-refractivity contribution in [1.29, 1.82) is 0 Å². The number of hydrogen-bond acceptors (Lipinski definition) is 4. The summed E-state index contributed by atoms with van der Waals surface area (Å²) in [6.07, 6.45) is -1.02. The first-order valence-corrected chi connectivity index (χ1v) is 6.46. The highest BCUT2D eigenvalue weighted by molar-refractivity contribution is 7.13. The van der Waals surface area contributed by atoms with Crippen LogP contribution >= 0.6 is 11.3 Å². The number of aromatic nitrogens is 1. The number of benzene rings is 1. The molecular weight excluding hydrogens is 248 g/mol. The van der Waals surface area contributed by atoms with Crippen molar-refractivity contribution in [3.63, 3.8) is 0 Å². The third-order valence-electron chi connectivity index (χ3n) is 2.38. The van der Waals surface area contributed by atoms with E-state index in [0.717, 1.165) is 16.3 Å². The number of aliphatic hydroxyl groups excluding tert-OH is 1. The molecule has 18 heavy (non-hydrogen) atoms. The molecule has 0 radical (unpaired) electrons. The first-order chi connectivity index (χ1) is 8.56. The minimum Gasteiger partial charge on any atom is -0.384 e. The molecule has 2 aromatic rings. The van der Waals surface area contributed by atoms with Crippen LogP contribution in [-0.2, 0) is 4.79 Å². The molecule has 0 aliphatic rings. The fraction of sp³-hybridized carbons (Fsp3) is 0.231. The average Bonchev–Trinajstić information content (AvgIpc) is 2.76. The Morgan fingerprint density at radius 1 is 1.50 bits per heavy atom. The van der Waals surface area contributed by atoms with Gasteiger partial charge in [-0.25, -0.2) is 4.98 Å². The number of rotatable bonds is 3. The molecule has 2 rings (SSSR count). The van der Waals surface area contributed by atoms with E-state index in [2.05, 4.69) is 10.3 Å². The van der Waals surface area contributed by atoms with Gasteiger partial charge in [0.05, 0.1) is 0 Å². The van der Waals surface area contributed by atoms with Crippen LogP contribution < -0.4 is 5.32 Å². The van der Waals surface area contributed by atoms with Gasteiger partial charge in [-0.05, 0) is 26.0 Å². The molecule has 0 aliphatic heterocycles. The van der Waals surface area contributed by atoms with Gasteiger partial charge in [0.1, 0.15) is 11.1 Å². The molecule has 0 aliphatic carbocycles. The van der Waals surface area contributed by atoms with Gasteiger partial charge in [-0.2, -0.15) is 0 Å². The Labute approximate surface area is 109 Å². The third kappa shape index (κ3) is 2.94. The molecule has 1 aromatic heterocycles. The molecule has 2 N–H and O–H groups in total. The summed E-state index contributed by atoms with van der Waals surface area (Å²) in [5.41, 5.74) is 2.59. The normalized spacial score (nSPS) is 12.2. The summed E-state index contributed by atoms with van der Waals surface area (Å²) in [5, 5.41) is 14.7. The van der Waals surface area contributed by atoms with Gasteiger partial charge in [0.25, 0.3) is 5.91 Å². The van der Waals surface area contributed by atoms with Crippen LogP contribution in [0.25, 0.3) is 10.6 Å². The molecule has 1 heterocycles. The number of thiazole rings is 1. The van der Waals surface area contributed by atoms with Crippen molar-refractivity contribution in [1.82, 2.24) is 4.98 Å². The zero-order valence-corrected chi connectivity index (χ0v) is 11.0. The van der Waals surface area contributed by atoms with Crippen LogP contribution in [0.5, 0.6) is 0 Å². The zero-order chi connectivity index (χ0) is 13.1. The van der Waals surface area contributed by atoms with Gasteiger partial charge in [0.15, 0.2) is 0 Å². The van der Waals surface area contributed by atoms with E-state index >= 15 is 0 Å². The third-order valence-corrected chi connectivity index (χ3v) is 3.38. The summed E-state index contributed by atoms with van der Waals surface area (Å²) in [4.78, 5) is 15.8. The molecule has 1 unspecified atom stereocenters. The quantitative estimate of drug-likeness (QED) is 0.893. The van der Waals surface area contributed by atoms with Crippen LogP contribution in [0.4, 0.5) is 5.69 Å². The SMILES string of the molecule is Cc1csc(-c2cccc(NC(=O)C(C)O)c2)n1. The van der Waals surface area contributed by atoms with Crippen LogP contribution in [-0.4, -0.2) is 22.1 Å². The maximum atomic E-state index is 11.4. The van der Waals surface area contributed by atoms with Crippen molar-refractivity contribution in [3.05, 3.63) is 35.3 Å². The fourth-order valence-corrected chi connectivity index (χ4v) is 2.26. The molecule has 1 aromatic carbocycles. The lowest BCUT2D eigenvalue weighted by atomic mass is 10.2. The molecule has 1 atom stereocenters. The molecule has 0 saturated carbocycles. The molecule has 0 spiro atoms. The number of anilines is 1. The van der Waals surface area contributed by atoms with E-state index in [0.29, 0.717) is 5.69 Å². The fourth-order valence-electron chi connectivity index (χ4n) is 1.46. The van der Waals surface area contributed by atoms with Crippen LogP contribution in [0.1, 0.15) is 12.6 Å². The van der Waals surface area contributed by atoms with Crippen molar-refractivity contribution >= 4 is 22.9 Å². The summed E-state index contributed by atoms with van der Waals surface area (Å²) in [6, 6.07) is 7.42.